The minimum Gasteiger partial charge on any atom is -0.393 e. The van der Waals surface area contributed by atoms with E-state index in [1.165, 1.54) is 20.8 Å². The highest BCUT2D eigenvalue weighted by Crippen LogP contribution is 2.54. The Kier molecular flexibility index (Phi) is 7.41. The van der Waals surface area contributed by atoms with Crippen molar-refractivity contribution in [2.75, 3.05) is 24.7 Å². The SMILES string of the molecule is CC1(CO)OC(C)(CSCCCCCCN)C(C)(O)C(C)(O)C1(C)O. The van der Waals surface area contributed by atoms with Crippen molar-refractivity contribution in [2.24, 2.45) is 5.73 Å². The van der Waals surface area contributed by atoms with E-state index in [0.29, 0.717) is 5.75 Å². The van der Waals surface area contributed by atoms with Crippen molar-refractivity contribution in [3.05, 3.63) is 0 Å². The van der Waals surface area contributed by atoms with Gasteiger partial charge < -0.3 is 30.9 Å². The fourth-order valence-corrected chi connectivity index (χ4v) is 4.81. The Labute approximate surface area is 156 Å². The van der Waals surface area contributed by atoms with Gasteiger partial charge in [0.25, 0.3) is 0 Å². The summed E-state index contributed by atoms with van der Waals surface area (Å²) in [7, 11) is 0. The summed E-state index contributed by atoms with van der Waals surface area (Å²) < 4.78 is 6.07. The molecular formula is C18H37NO5S. The minimum absolute atomic E-state index is 0.443. The maximum atomic E-state index is 11.1. The zero-order valence-corrected chi connectivity index (χ0v) is 17.2. The molecule has 1 aliphatic heterocycles. The Hall–Kier alpha value is 0.110. The van der Waals surface area contributed by atoms with E-state index in [0.717, 1.165) is 38.0 Å². The van der Waals surface area contributed by atoms with Crippen LogP contribution in [0.1, 0.15) is 60.3 Å². The highest BCUT2D eigenvalue weighted by Gasteiger charge is 2.73. The number of aliphatic hydroxyl groups is 4. The molecule has 1 fully saturated rings. The van der Waals surface area contributed by atoms with Gasteiger partial charge in [-0.1, -0.05) is 12.8 Å². The number of ether oxygens (including phenoxy) is 1. The summed E-state index contributed by atoms with van der Waals surface area (Å²) in [4.78, 5) is 0. The van der Waals surface area contributed by atoms with E-state index in [9.17, 15) is 20.4 Å². The third-order valence-corrected chi connectivity index (χ3v) is 7.66. The van der Waals surface area contributed by atoms with Gasteiger partial charge in [-0.3, -0.25) is 0 Å². The molecule has 5 atom stereocenters. The maximum absolute atomic E-state index is 11.1. The van der Waals surface area contributed by atoms with E-state index in [2.05, 4.69) is 0 Å². The predicted octanol–water partition coefficient (Wildman–Crippen LogP) is 1.03. The monoisotopic (exact) mass is 379 g/mol. The van der Waals surface area contributed by atoms with Crippen LogP contribution in [0.5, 0.6) is 0 Å². The Balaban J connectivity index is 2.86. The zero-order valence-electron chi connectivity index (χ0n) is 16.3. The van der Waals surface area contributed by atoms with E-state index >= 15 is 0 Å². The molecule has 6 nitrogen and oxygen atoms in total. The molecule has 150 valence electrons. The highest BCUT2D eigenvalue weighted by molar-refractivity contribution is 7.99. The smallest absolute Gasteiger partial charge is 0.124 e. The molecular weight excluding hydrogens is 342 g/mol. The van der Waals surface area contributed by atoms with Gasteiger partial charge in [0.1, 0.15) is 28.0 Å². The van der Waals surface area contributed by atoms with Crippen molar-refractivity contribution >= 4 is 11.8 Å². The van der Waals surface area contributed by atoms with Crippen LogP contribution in [0, 0.1) is 0 Å². The summed E-state index contributed by atoms with van der Waals surface area (Å²) in [5, 5.41) is 42.8. The molecule has 6 N–H and O–H groups in total. The van der Waals surface area contributed by atoms with Crippen molar-refractivity contribution < 1.29 is 25.2 Å². The van der Waals surface area contributed by atoms with Crippen molar-refractivity contribution in [3.8, 4) is 0 Å². The molecule has 0 bridgehead atoms. The fourth-order valence-electron chi connectivity index (χ4n) is 3.52. The van der Waals surface area contributed by atoms with Crippen LogP contribution in [-0.4, -0.2) is 73.1 Å². The Bertz CT molecular complexity index is 443. The fraction of sp³-hybridized carbons (Fsp3) is 1.00. The second kappa shape index (κ2) is 8.00. The van der Waals surface area contributed by atoms with Crippen LogP contribution in [0.4, 0.5) is 0 Å². The molecule has 7 heteroatoms. The number of hydrogen-bond acceptors (Lipinski definition) is 7. The lowest BCUT2D eigenvalue weighted by Crippen LogP contribution is -2.84. The van der Waals surface area contributed by atoms with Crippen molar-refractivity contribution in [2.45, 2.75) is 88.3 Å². The lowest BCUT2D eigenvalue weighted by molar-refractivity contribution is -0.397. The summed E-state index contributed by atoms with van der Waals surface area (Å²) in [6.45, 7) is 7.82. The third-order valence-electron chi connectivity index (χ3n) is 6.33. The molecule has 1 saturated heterocycles. The van der Waals surface area contributed by atoms with Crippen LogP contribution in [0.2, 0.25) is 0 Å². The summed E-state index contributed by atoms with van der Waals surface area (Å²) >= 11 is 1.64. The van der Waals surface area contributed by atoms with Crippen LogP contribution >= 0.6 is 11.8 Å². The molecule has 0 aliphatic carbocycles. The van der Waals surface area contributed by atoms with Gasteiger partial charge >= 0.3 is 0 Å². The Morgan fingerprint density at radius 3 is 1.84 bits per heavy atom. The molecule has 1 rings (SSSR count). The number of thioether (sulfide) groups is 1. The van der Waals surface area contributed by atoms with Gasteiger partial charge in [-0.15, -0.1) is 0 Å². The van der Waals surface area contributed by atoms with Gasteiger partial charge in [-0.25, -0.2) is 0 Å². The van der Waals surface area contributed by atoms with E-state index in [1.807, 2.05) is 0 Å². The average molecular weight is 380 g/mol. The van der Waals surface area contributed by atoms with Gasteiger partial charge in [0.2, 0.25) is 0 Å². The number of aliphatic hydroxyl groups excluding tert-OH is 1. The van der Waals surface area contributed by atoms with Crippen molar-refractivity contribution in [1.29, 1.82) is 0 Å². The van der Waals surface area contributed by atoms with E-state index < -0.39 is 34.6 Å². The number of hydrogen-bond donors (Lipinski definition) is 5. The Morgan fingerprint density at radius 1 is 0.800 bits per heavy atom. The van der Waals surface area contributed by atoms with Crippen LogP contribution in [0.15, 0.2) is 0 Å². The first-order chi connectivity index (χ1) is 11.3. The largest absolute Gasteiger partial charge is 0.393 e. The predicted molar refractivity (Wildman–Crippen MR) is 102 cm³/mol. The molecule has 0 aromatic rings. The first kappa shape index (κ1) is 23.1. The summed E-state index contributed by atoms with van der Waals surface area (Å²) in [5.74, 6) is 1.35. The molecule has 1 aliphatic rings. The molecule has 0 radical (unpaired) electrons. The molecule has 25 heavy (non-hydrogen) atoms. The number of rotatable bonds is 9. The van der Waals surface area contributed by atoms with E-state index in [1.54, 1.807) is 25.6 Å². The lowest BCUT2D eigenvalue weighted by Gasteiger charge is -2.65. The van der Waals surface area contributed by atoms with Gasteiger partial charge in [-0.05, 0) is 59.8 Å². The first-order valence-electron chi connectivity index (χ1n) is 9.09. The quantitative estimate of drug-likeness (QED) is 0.380. The summed E-state index contributed by atoms with van der Waals surface area (Å²) in [6, 6.07) is 0. The van der Waals surface area contributed by atoms with Crippen molar-refractivity contribution in [1.82, 2.24) is 0 Å². The summed E-state index contributed by atoms with van der Waals surface area (Å²) in [6.07, 6.45) is 4.31. The average Bonchev–Trinajstić information content (AvgIpc) is 2.52. The van der Waals surface area contributed by atoms with Gasteiger partial charge in [0, 0.05) is 5.75 Å². The lowest BCUT2D eigenvalue weighted by atomic mass is 9.58. The van der Waals surface area contributed by atoms with Crippen LogP contribution < -0.4 is 5.73 Å². The molecule has 1 heterocycles. The van der Waals surface area contributed by atoms with Crippen LogP contribution in [0.3, 0.4) is 0 Å². The normalized spacial score (nSPS) is 44.9. The van der Waals surface area contributed by atoms with E-state index in [4.69, 9.17) is 10.5 Å². The zero-order chi connectivity index (χ0) is 19.6. The minimum atomic E-state index is -1.87. The second-order valence-electron chi connectivity index (χ2n) is 8.19. The summed E-state index contributed by atoms with van der Waals surface area (Å²) in [5.41, 5.74) is -2.44. The van der Waals surface area contributed by atoms with Crippen LogP contribution in [0.25, 0.3) is 0 Å². The van der Waals surface area contributed by atoms with Crippen LogP contribution in [-0.2, 0) is 4.74 Å². The molecule has 0 aromatic heterocycles. The number of unbranched alkanes of at least 4 members (excludes halogenated alkanes) is 3. The number of nitrogens with two attached hydrogens (primary N) is 1. The third kappa shape index (κ3) is 3.88. The van der Waals surface area contributed by atoms with Gasteiger partial charge in [0.15, 0.2) is 0 Å². The first-order valence-corrected chi connectivity index (χ1v) is 10.2. The standard InChI is InChI=1S/C18H37NO5S/c1-14(12-20)16(3,21)18(5,23)17(4,22)15(2,24-14)13-25-11-9-7-6-8-10-19/h20-23H,6-13,19H2,1-5H3. The molecule has 0 aromatic carbocycles. The van der Waals surface area contributed by atoms with Gasteiger partial charge in [0.05, 0.1) is 6.61 Å². The van der Waals surface area contributed by atoms with Gasteiger partial charge in [-0.2, -0.15) is 11.8 Å². The molecule has 0 spiro atoms. The molecule has 0 amide bonds. The second-order valence-corrected chi connectivity index (χ2v) is 9.30. The maximum Gasteiger partial charge on any atom is 0.124 e. The topological polar surface area (TPSA) is 116 Å². The highest BCUT2D eigenvalue weighted by atomic mass is 32.2. The van der Waals surface area contributed by atoms with E-state index in [-0.39, 0.29) is 0 Å². The molecule has 5 unspecified atom stereocenters. The molecule has 0 saturated carbocycles. The Morgan fingerprint density at radius 2 is 1.32 bits per heavy atom. The van der Waals surface area contributed by atoms with Crippen molar-refractivity contribution in [3.63, 3.8) is 0 Å².